The van der Waals surface area contributed by atoms with Crippen LogP contribution in [0.1, 0.15) is 40.5 Å². The SMILES string of the molecule is CCCN(C1CC(OC(C)SSC)C(CO[PH](O)(O)O[PH](O)(O)O[PH](O)(O)O)O1)C(NCCN)C(N)C(C)(C)N. The first-order valence-corrected chi connectivity index (χ1v) is 20.4. The van der Waals surface area contributed by atoms with E-state index >= 15 is 0 Å². The summed E-state index contributed by atoms with van der Waals surface area (Å²) in [5.74, 6) is 0. The predicted molar refractivity (Wildman–Crippen MR) is 161 cm³/mol. The van der Waals surface area contributed by atoms with Crippen LogP contribution in [-0.2, 0) is 22.6 Å². The van der Waals surface area contributed by atoms with Crippen LogP contribution < -0.4 is 22.5 Å². The summed E-state index contributed by atoms with van der Waals surface area (Å²) in [5, 5.41) is 3.35. The fraction of sp³-hybridized carbons (Fsp3) is 1.00. The Morgan fingerprint density at radius 1 is 1.12 bits per heavy atom. The summed E-state index contributed by atoms with van der Waals surface area (Å²) >= 11 is 0. The zero-order valence-corrected chi connectivity index (χ0v) is 28.0. The maximum absolute atomic E-state index is 10.2. The van der Waals surface area contributed by atoms with Gasteiger partial charge in [0.2, 0.25) is 0 Å². The summed E-state index contributed by atoms with van der Waals surface area (Å²) in [5.41, 5.74) is 17.6. The first-order valence-electron chi connectivity index (χ1n) is 12.6. The molecule has 6 atom stereocenters. The van der Waals surface area contributed by atoms with Gasteiger partial charge in [0.15, 0.2) is 0 Å². The van der Waals surface area contributed by atoms with Crippen molar-refractivity contribution in [3.8, 4) is 0 Å². The van der Waals surface area contributed by atoms with Crippen LogP contribution in [0.4, 0.5) is 0 Å². The van der Waals surface area contributed by atoms with E-state index in [1.54, 1.807) is 0 Å². The maximum atomic E-state index is 10.2. The van der Waals surface area contributed by atoms with Gasteiger partial charge in [-0.1, -0.05) is 0 Å². The van der Waals surface area contributed by atoms with Crippen LogP contribution in [-0.4, -0.2) is 113 Å². The second-order valence-electron chi connectivity index (χ2n) is 9.83. The van der Waals surface area contributed by atoms with Gasteiger partial charge in [-0.3, -0.25) is 0 Å². The molecule has 1 aliphatic heterocycles. The van der Waals surface area contributed by atoms with Gasteiger partial charge in [0.05, 0.1) is 0 Å². The predicted octanol–water partition coefficient (Wildman–Crippen LogP) is -1.28. The molecule has 1 saturated heterocycles. The van der Waals surface area contributed by atoms with Gasteiger partial charge in [0.25, 0.3) is 0 Å². The summed E-state index contributed by atoms with van der Waals surface area (Å²) in [7, 11) is -13.4. The van der Waals surface area contributed by atoms with Crippen molar-refractivity contribution < 1.29 is 56.9 Å². The standard InChI is InChI=1S/C18H50N5O12P3S2/c1-6-9-23(17(22-8-7-19)16(20)18(3,4)21)15-10-13(32-12(2)40-39-5)14(33-15)11-31-37(27,28)35-38(29,30)34-36(24,25)26/h12-17,22,24-30,36-38H,6-11,19-21H2,1-5H3. The third-order valence-electron chi connectivity index (χ3n) is 5.66. The van der Waals surface area contributed by atoms with E-state index in [0.29, 0.717) is 26.1 Å². The van der Waals surface area contributed by atoms with Crippen LogP contribution in [0.25, 0.3) is 0 Å². The van der Waals surface area contributed by atoms with Crippen LogP contribution in [0.5, 0.6) is 0 Å². The molecular formula is C18H50N5O12P3S2. The molecule has 1 rings (SSSR count). The van der Waals surface area contributed by atoms with Crippen molar-refractivity contribution in [1.82, 2.24) is 10.2 Å². The Morgan fingerprint density at radius 2 is 1.75 bits per heavy atom. The van der Waals surface area contributed by atoms with Gasteiger partial charge in [-0.25, -0.2) is 0 Å². The van der Waals surface area contributed by atoms with Gasteiger partial charge < -0.3 is 0 Å². The van der Waals surface area contributed by atoms with Crippen LogP contribution in [0.2, 0.25) is 0 Å². The van der Waals surface area contributed by atoms with E-state index in [1.807, 2.05) is 38.9 Å². The van der Waals surface area contributed by atoms with Crippen molar-refractivity contribution in [2.45, 2.75) is 82.2 Å². The molecule has 246 valence electrons. The number of hydrogen-bond acceptors (Lipinski definition) is 19. The number of nitrogens with zero attached hydrogens (tertiary/aromatic N) is 1. The zero-order valence-electron chi connectivity index (χ0n) is 23.4. The van der Waals surface area contributed by atoms with Gasteiger partial charge >= 0.3 is 245 Å². The summed E-state index contributed by atoms with van der Waals surface area (Å²) < 4.78 is 25.7. The van der Waals surface area contributed by atoms with Gasteiger partial charge in [0, 0.05) is 0 Å². The monoisotopic (exact) mass is 685 g/mol. The summed E-state index contributed by atoms with van der Waals surface area (Å²) in [6.45, 7) is 8.34. The Morgan fingerprint density at radius 3 is 2.25 bits per heavy atom. The number of nitrogens with one attached hydrogen (secondary N) is 1. The second kappa shape index (κ2) is 17.1. The molecular weight excluding hydrogens is 635 g/mol. The normalized spacial score (nSPS) is 24.8. The van der Waals surface area contributed by atoms with Crippen LogP contribution >= 0.6 is 46.1 Å². The fourth-order valence-electron chi connectivity index (χ4n) is 4.00. The fourth-order valence-corrected chi connectivity index (χ4v) is 9.38. The first kappa shape index (κ1) is 39.3. The Kier molecular flexibility index (Phi) is 16.8. The average molecular weight is 686 g/mol. The minimum atomic E-state index is -5.59. The van der Waals surface area contributed by atoms with E-state index in [1.165, 1.54) is 21.6 Å². The molecule has 40 heavy (non-hydrogen) atoms. The third-order valence-corrected chi connectivity index (χ3v) is 12.5. The molecule has 17 nitrogen and oxygen atoms in total. The molecule has 0 radical (unpaired) electrons. The third kappa shape index (κ3) is 14.4. The molecule has 0 aromatic rings. The topological polar surface area (TPSA) is 281 Å². The summed E-state index contributed by atoms with van der Waals surface area (Å²) in [6, 6.07) is -0.536. The molecule has 0 aromatic heterocycles. The molecule has 6 unspecified atom stereocenters. The molecule has 22 heteroatoms. The molecule has 0 amide bonds. The summed E-state index contributed by atoms with van der Waals surface area (Å²) in [6.07, 6.45) is 0.491. The van der Waals surface area contributed by atoms with Crippen LogP contribution in [0.15, 0.2) is 0 Å². The number of ether oxygens (including phenoxy) is 2. The molecule has 1 aliphatic rings. The van der Waals surface area contributed by atoms with E-state index in [0.717, 1.165) is 6.42 Å². The Hall–Kier alpha value is 1.31. The molecule has 0 saturated carbocycles. The molecule has 14 N–H and O–H groups in total. The molecule has 0 aromatic carbocycles. The first-order chi connectivity index (χ1) is 18.2. The van der Waals surface area contributed by atoms with Crippen LogP contribution in [0.3, 0.4) is 0 Å². The van der Waals surface area contributed by atoms with Crippen LogP contribution in [0, 0.1) is 0 Å². The Bertz CT molecular complexity index is 744. The van der Waals surface area contributed by atoms with Gasteiger partial charge in [0.1, 0.15) is 0 Å². The Labute approximate surface area is 244 Å². The van der Waals surface area contributed by atoms with E-state index in [4.69, 9.17) is 45.9 Å². The van der Waals surface area contributed by atoms with Crippen molar-refractivity contribution in [3.05, 3.63) is 0 Å². The molecule has 1 heterocycles. The number of hydrogen-bond donors (Lipinski definition) is 11. The van der Waals surface area contributed by atoms with Crippen molar-refractivity contribution in [2.75, 3.05) is 32.5 Å². The molecule has 1 fully saturated rings. The Balaban J connectivity index is 3.17. The minimum absolute atomic E-state index is 0.276. The summed E-state index contributed by atoms with van der Waals surface area (Å²) in [4.78, 5) is 68.4. The van der Waals surface area contributed by atoms with Crippen molar-refractivity contribution >= 4 is 46.1 Å². The van der Waals surface area contributed by atoms with Gasteiger partial charge in [-0.2, -0.15) is 0 Å². The zero-order chi connectivity index (χ0) is 30.9. The second-order valence-corrected chi connectivity index (χ2v) is 17.9. The van der Waals surface area contributed by atoms with Crippen molar-refractivity contribution in [3.63, 3.8) is 0 Å². The van der Waals surface area contributed by atoms with E-state index in [9.17, 15) is 19.6 Å². The van der Waals surface area contributed by atoms with E-state index in [-0.39, 0.29) is 5.44 Å². The molecule has 0 aliphatic carbocycles. The van der Waals surface area contributed by atoms with Gasteiger partial charge in [-0.15, -0.1) is 0 Å². The quantitative estimate of drug-likeness (QED) is 0.0404. The van der Waals surface area contributed by atoms with Gasteiger partial charge in [-0.05, 0) is 0 Å². The van der Waals surface area contributed by atoms with Crippen molar-refractivity contribution in [1.29, 1.82) is 0 Å². The molecule has 0 spiro atoms. The van der Waals surface area contributed by atoms with E-state index in [2.05, 4.69) is 13.9 Å². The molecule has 0 bridgehead atoms. The number of nitrogens with two attached hydrogens (primary N) is 3. The average Bonchev–Trinajstić information content (AvgIpc) is 3.16. The van der Waals surface area contributed by atoms with E-state index < -0.39 is 67.3 Å². The van der Waals surface area contributed by atoms with Crippen molar-refractivity contribution in [2.24, 2.45) is 17.2 Å². The number of rotatable bonds is 20.